The third-order valence-corrected chi connectivity index (χ3v) is 8.66. The number of amides is 2. The topological polar surface area (TPSA) is 156 Å². The number of ether oxygens (including phenoxy) is 2. The van der Waals surface area contributed by atoms with Crippen LogP contribution in [0.1, 0.15) is 38.3 Å². The van der Waals surface area contributed by atoms with Gasteiger partial charge >= 0.3 is 5.63 Å². The van der Waals surface area contributed by atoms with Crippen LogP contribution in [0, 0.1) is 10.5 Å². The van der Waals surface area contributed by atoms with E-state index in [2.05, 4.69) is 5.32 Å². The molecule has 3 unspecified atom stereocenters. The number of methoxy groups -OCH3 is 1. The second kappa shape index (κ2) is 14.9. The van der Waals surface area contributed by atoms with Gasteiger partial charge < -0.3 is 34.3 Å². The molecular weight excluding hydrogens is 719 g/mol. The van der Waals surface area contributed by atoms with Crippen LogP contribution in [-0.4, -0.2) is 71.7 Å². The largest absolute Gasteiger partial charge is 0.493 e. The summed E-state index contributed by atoms with van der Waals surface area (Å²) in [4.78, 5) is 53.6. The zero-order valence-corrected chi connectivity index (χ0v) is 27.8. The number of fused-ring (bicyclic) bond motifs is 1. The molecule has 0 saturated heterocycles. The van der Waals surface area contributed by atoms with Crippen LogP contribution < -0.4 is 20.4 Å². The van der Waals surface area contributed by atoms with Crippen molar-refractivity contribution in [2.24, 2.45) is 0 Å². The second-order valence-electron chi connectivity index (χ2n) is 11.1. The van der Waals surface area contributed by atoms with Crippen molar-refractivity contribution < 1.29 is 38.5 Å². The Labute approximate surface area is 283 Å². The molecule has 4 aromatic rings. The Balaban J connectivity index is 1.60. The van der Waals surface area contributed by atoms with Crippen molar-refractivity contribution in [3.05, 3.63) is 115 Å². The molecule has 12 heteroatoms. The molecule has 1 aromatic heterocycles. The Morgan fingerprint density at radius 3 is 2.57 bits per heavy atom. The van der Waals surface area contributed by atoms with Crippen LogP contribution in [0.2, 0.25) is 0 Å². The van der Waals surface area contributed by atoms with Crippen molar-refractivity contribution in [3.63, 3.8) is 0 Å². The minimum Gasteiger partial charge on any atom is -0.493 e. The lowest BCUT2D eigenvalue weighted by atomic mass is 9.87. The molecule has 47 heavy (non-hydrogen) atoms. The number of hydrogen-bond acceptors (Lipinski definition) is 9. The fourth-order valence-corrected chi connectivity index (χ4v) is 6.19. The zero-order chi connectivity index (χ0) is 33.7. The summed E-state index contributed by atoms with van der Waals surface area (Å²) in [5, 5.41) is 24.4. The Morgan fingerprint density at radius 2 is 1.87 bits per heavy atom. The summed E-state index contributed by atoms with van der Waals surface area (Å²) in [6.07, 6.45) is -0.517. The SMILES string of the molecule is COc1cc(C=O)cc(I)c1OC1C=C(C(=O)NCCO)CC(N(Cc2ccc(C)cc2)C(=O)c2cc3ccccc3oc2=O)C1O. The number of aldehydes is 1. The highest BCUT2D eigenvalue weighted by molar-refractivity contribution is 14.1. The fourth-order valence-electron chi connectivity index (χ4n) is 5.43. The van der Waals surface area contributed by atoms with E-state index < -0.39 is 35.7 Å². The predicted octanol–water partition coefficient (Wildman–Crippen LogP) is 3.79. The molecule has 0 fully saturated rings. The van der Waals surface area contributed by atoms with Crippen molar-refractivity contribution in [1.29, 1.82) is 0 Å². The molecule has 2 amide bonds. The number of rotatable bonds is 11. The lowest BCUT2D eigenvalue weighted by Crippen LogP contribution is -2.55. The van der Waals surface area contributed by atoms with E-state index in [4.69, 9.17) is 13.9 Å². The summed E-state index contributed by atoms with van der Waals surface area (Å²) in [7, 11) is 1.41. The van der Waals surface area contributed by atoms with Gasteiger partial charge in [-0.25, -0.2) is 4.79 Å². The van der Waals surface area contributed by atoms with Gasteiger partial charge in [-0.1, -0.05) is 48.0 Å². The highest BCUT2D eigenvalue weighted by Crippen LogP contribution is 2.37. The van der Waals surface area contributed by atoms with Gasteiger partial charge in [0, 0.05) is 36.0 Å². The maximum absolute atomic E-state index is 14.4. The summed E-state index contributed by atoms with van der Waals surface area (Å²) in [5.41, 5.74) is 1.52. The Kier molecular flexibility index (Phi) is 10.7. The van der Waals surface area contributed by atoms with Gasteiger partial charge in [-0.05, 0) is 65.4 Å². The number of nitrogens with zero attached hydrogens (tertiary/aromatic N) is 1. The van der Waals surface area contributed by atoms with Gasteiger partial charge in [-0.3, -0.25) is 14.4 Å². The second-order valence-corrected chi connectivity index (χ2v) is 12.2. The summed E-state index contributed by atoms with van der Waals surface area (Å²) in [6, 6.07) is 17.7. The molecule has 0 aliphatic heterocycles. The smallest absolute Gasteiger partial charge is 0.349 e. The number of hydrogen-bond donors (Lipinski definition) is 3. The first-order chi connectivity index (χ1) is 22.6. The number of aliphatic hydroxyl groups excluding tert-OH is 2. The number of benzene rings is 3. The average molecular weight is 753 g/mol. The molecule has 0 saturated carbocycles. The molecule has 3 atom stereocenters. The average Bonchev–Trinajstić information content (AvgIpc) is 3.07. The third-order valence-electron chi connectivity index (χ3n) is 7.86. The van der Waals surface area contributed by atoms with Crippen LogP contribution in [0.5, 0.6) is 11.5 Å². The number of para-hydroxylation sites is 1. The van der Waals surface area contributed by atoms with Gasteiger partial charge in [0.2, 0.25) is 5.91 Å². The molecule has 5 rings (SSSR count). The molecule has 1 aliphatic carbocycles. The monoisotopic (exact) mass is 752 g/mol. The van der Waals surface area contributed by atoms with Crippen molar-refractivity contribution >= 4 is 51.7 Å². The quantitative estimate of drug-likeness (QED) is 0.118. The van der Waals surface area contributed by atoms with Crippen LogP contribution in [0.25, 0.3) is 11.0 Å². The highest BCUT2D eigenvalue weighted by atomic mass is 127. The predicted molar refractivity (Wildman–Crippen MR) is 182 cm³/mol. The van der Waals surface area contributed by atoms with E-state index >= 15 is 0 Å². The number of carbonyl (C=O) groups is 3. The molecule has 0 radical (unpaired) electrons. The number of halogens is 1. The van der Waals surface area contributed by atoms with Crippen LogP contribution >= 0.6 is 22.6 Å². The van der Waals surface area contributed by atoms with Gasteiger partial charge in [-0.2, -0.15) is 0 Å². The van der Waals surface area contributed by atoms with E-state index in [9.17, 15) is 29.4 Å². The lowest BCUT2D eigenvalue weighted by molar-refractivity contribution is -0.118. The van der Waals surface area contributed by atoms with Gasteiger partial charge in [0.15, 0.2) is 11.5 Å². The molecule has 3 N–H and O–H groups in total. The van der Waals surface area contributed by atoms with Crippen LogP contribution in [0.15, 0.2) is 87.6 Å². The summed E-state index contributed by atoms with van der Waals surface area (Å²) in [6.45, 7) is 1.61. The Bertz CT molecular complexity index is 1890. The molecule has 1 aliphatic rings. The normalized spacial score (nSPS) is 17.5. The summed E-state index contributed by atoms with van der Waals surface area (Å²) in [5.74, 6) is -0.765. The van der Waals surface area contributed by atoms with E-state index in [1.165, 1.54) is 30.2 Å². The maximum atomic E-state index is 14.4. The molecule has 244 valence electrons. The van der Waals surface area contributed by atoms with E-state index in [1.54, 1.807) is 30.3 Å². The maximum Gasteiger partial charge on any atom is 0.349 e. The third kappa shape index (κ3) is 7.56. The van der Waals surface area contributed by atoms with Crippen molar-refractivity contribution in [2.75, 3.05) is 20.3 Å². The van der Waals surface area contributed by atoms with Crippen molar-refractivity contribution in [2.45, 2.75) is 38.1 Å². The van der Waals surface area contributed by atoms with Gasteiger partial charge in [0.05, 0.1) is 23.3 Å². The number of aliphatic hydroxyl groups is 2. The lowest BCUT2D eigenvalue weighted by Gasteiger charge is -2.40. The minimum absolute atomic E-state index is 0.0136. The van der Waals surface area contributed by atoms with Gasteiger partial charge in [0.25, 0.3) is 5.91 Å². The first-order valence-corrected chi connectivity index (χ1v) is 15.9. The van der Waals surface area contributed by atoms with E-state index in [0.717, 1.165) is 11.1 Å². The number of aryl methyl sites for hydroxylation is 1. The molecule has 11 nitrogen and oxygen atoms in total. The Hall–Kier alpha value is -4.53. The minimum atomic E-state index is -1.39. The van der Waals surface area contributed by atoms with Crippen LogP contribution in [-0.2, 0) is 11.3 Å². The molecular formula is C35H33IN2O9. The fraction of sp³-hybridized carbons (Fsp3) is 0.257. The first kappa shape index (κ1) is 33.8. The Morgan fingerprint density at radius 1 is 1.13 bits per heavy atom. The van der Waals surface area contributed by atoms with Crippen LogP contribution in [0.4, 0.5) is 0 Å². The number of nitrogens with one attached hydrogen (secondary N) is 1. The summed E-state index contributed by atoms with van der Waals surface area (Å²) >= 11 is 1.98. The highest BCUT2D eigenvalue weighted by Gasteiger charge is 2.42. The summed E-state index contributed by atoms with van der Waals surface area (Å²) < 4.78 is 17.8. The zero-order valence-electron chi connectivity index (χ0n) is 25.6. The first-order valence-electron chi connectivity index (χ1n) is 14.8. The molecule has 0 spiro atoms. The van der Waals surface area contributed by atoms with Crippen molar-refractivity contribution in [1.82, 2.24) is 10.2 Å². The van der Waals surface area contributed by atoms with Crippen molar-refractivity contribution in [3.8, 4) is 11.5 Å². The van der Waals surface area contributed by atoms with Crippen LogP contribution in [0.3, 0.4) is 0 Å². The van der Waals surface area contributed by atoms with E-state index in [0.29, 0.717) is 26.4 Å². The van der Waals surface area contributed by atoms with Gasteiger partial charge in [-0.15, -0.1) is 0 Å². The van der Waals surface area contributed by atoms with E-state index in [1.807, 2.05) is 53.8 Å². The van der Waals surface area contributed by atoms with Gasteiger partial charge in [0.1, 0.15) is 29.6 Å². The molecule has 3 aromatic carbocycles. The number of carbonyl (C=O) groups excluding carboxylic acids is 3. The standard InChI is InChI=1S/C35H33IN2O9/c1-20-7-9-21(10-8-20)18-38(34(43)25-15-23-5-3-4-6-28(23)47-35(25)44)27-16-24(33(42)37-11-12-39)17-29(31(27)41)46-32-26(36)13-22(19-40)14-30(32)45-2/h3-10,13-15,17,19,27,29,31,39,41H,11-12,16,18H2,1-2H3,(H,37,42). The van der Waals surface area contributed by atoms with E-state index in [-0.39, 0.29) is 48.8 Å². The molecule has 1 heterocycles. The molecule has 0 bridgehead atoms.